The molecule has 7 nitrogen and oxygen atoms in total. The van der Waals surface area contributed by atoms with Crippen molar-refractivity contribution in [2.45, 2.75) is 20.4 Å². The van der Waals surface area contributed by atoms with E-state index in [9.17, 15) is 14.4 Å². The molecule has 0 aliphatic carbocycles. The van der Waals surface area contributed by atoms with Crippen LogP contribution in [0, 0.1) is 13.8 Å². The molecule has 0 aliphatic heterocycles. The average molecular weight is 275 g/mol. The van der Waals surface area contributed by atoms with Gasteiger partial charge in [0.15, 0.2) is 0 Å². The van der Waals surface area contributed by atoms with Gasteiger partial charge in [-0.05, 0) is 26.0 Å². The Labute approximate surface area is 113 Å². The molecule has 0 saturated carbocycles. The largest absolute Gasteiger partial charge is 0.477 e. The molecule has 2 N–H and O–H groups in total. The minimum atomic E-state index is -1.15. The number of carboxylic acids is 1. The minimum Gasteiger partial charge on any atom is -0.477 e. The number of aromatic amines is 1. The third-order valence-electron chi connectivity index (χ3n) is 3.05. The number of pyridine rings is 1. The van der Waals surface area contributed by atoms with E-state index in [0.717, 1.165) is 4.68 Å². The summed E-state index contributed by atoms with van der Waals surface area (Å²) in [6.45, 7) is 3.16. The average Bonchev–Trinajstić information content (AvgIpc) is 2.42. The summed E-state index contributed by atoms with van der Waals surface area (Å²) in [5.41, 5.74) is 0.329. The number of aromatic nitrogens is 3. The highest BCUT2D eigenvalue weighted by Gasteiger charge is 2.10. The van der Waals surface area contributed by atoms with Crippen molar-refractivity contribution < 1.29 is 9.90 Å². The zero-order valence-electron chi connectivity index (χ0n) is 11.0. The van der Waals surface area contributed by atoms with Gasteiger partial charge in [-0.3, -0.25) is 14.7 Å². The Morgan fingerprint density at radius 1 is 1.30 bits per heavy atom. The van der Waals surface area contributed by atoms with Gasteiger partial charge in [-0.2, -0.15) is 0 Å². The van der Waals surface area contributed by atoms with E-state index in [-0.39, 0.29) is 23.4 Å². The molecule has 0 bridgehead atoms. The summed E-state index contributed by atoms with van der Waals surface area (Å²) in [4.78, 5) is 38.4. The van der Waals surface area contributed by atoms with E-state index >= 15 is 0 Å². The van der Waals surface area contributed by atoms with Crippen molar-refractivity contribution in [2.24, 2.45) is 0 Å². The molecule has 2 aromatic rings. The number of nitrogens with one attached hydrogen (secondary N) is 1. The monoisotopic (exact) mass is 275 g/mol. The second kappa shape index (κ2) is 5.12. The Hall–Kier alpha value is -2.70. The molecule has 104 valence electrons. The van der Waals surface area contributed by atoms with Crippen LogP contribution in [0.5, 0.6) is 0 Å². The van der Waals surface area contributed by atoms with E-state index in [1.54, 1.807) is 19.9 Å². The normalized spacial score (nSPS) is 10.5. The highest BCUT2D eigenvalue weighted by molar-refractivity contribution is 5.85. The molecule has 20 heavy (non-hydrogen) atoms. The van der Waals surface area contributed by atoms with Gasteiger partial charge in [0.25, 0.3) is 11.1 Å². The molecule has 2 heterocycles. The van der Waals surface area contributed by atoms with Gasteiger partial charge in [-0.25, -0.2) is 14.5 Å². The van der Waals surface area contributed by atoms with Crippen molar-refractivity contribution in [1.29, 1.82) is 0 Å². The molecule has 0 amide bonds. The first-order valence-electron chi connectivity index (χ1n) is 5.89. The molecule has 7 heteroatoms. The van der Waals surface area contributed by atoms with Crippen molar-refractivity contribution >= 4 is 5.97 Å². The molecule has 0 fully saturated rings. The molecule has 0 saturated heterocycles. The summed E-state index contributed by atoms with van der Waals surface area (Å²) in [5.74, 6) is -1.15. The molecule has 2 aromatic heterocycles. The van der Waals surface area contributed by atoms with Crippen LogP contribution in [0.15, 0.2) is 27.8 Å². The Morgan fingerprint density at radius 3 is 2.65 bits per heavy atom. The number of aromatic carboxylic acids is 1. The topological polar surface area (TPSA) is 105 Å². The fourth-order valence-electron chi connectivity index (χ4n) is 1.75. The summed E-state index contributed by atoms with van der Waals surface area (Å²) in [5, 5.41) is 11.3. The van der Waals surface area contributed by atoms with E-state index in [1.807, 2.05) is 0 Å². The van der Waals surface area contributed by atoms with Gasteiger partial charge >= 0.3 is 5.97 Å². The standard InChI is InChI=1S/C13H13N3O4/c1-7-8(2)12(18)16(15-11(7)17)6-9-4-3-5-10(14-9)13(19)20/h3-5H,6H2,1-2H3,(H,15,17)(H,19,20). The van der Waals surface area contributed by atoms with Crippen molar-refractivity contribution in [2.75, 3.05) is 0 Å². The first-order chi connectivity index (χ1) is 9.40. The van der Waals surface area contributed by atoms with Crippen LogP contribution in [-0.4, -0.2) is 25.8 Å². The van der Waals surface area contributed by atoms with Crippen LogP contribution in [0.4, 0.5) is 0 Å². The number of H-pyrrole nitrogens is 1. The number of carboxylic acid groups (broad SMARTS) is 1. The van der Waals surface area contributed by atoms with Crippen molar-refractivity contribution in [3.05, 3.63) is 61.4 Å². The summed E-state index contributed by atoms with van der Waals surface area (Å²) in [6, 6.07) is 4.49. The number of nitrogens with zero attached hydrogens (tertiary/aromatic N) is 2. The number of hydrogen-bond acceptors (Lipinski definition) is 4. The Morgan fingerprint density at radius 2 is 2.00 bits per heavy atom. The van der Waals surface area contributed by atoms with Gasteiger partial charge in [-0.1, -0.05) is 6.07 Å². The van der Waals surface area contributed by atoms with Gasteiger partial charge < -0.3 is 5.11 Å². The van der Waals surface area contributed by atoms with E-state index in [0.29, 0.717) is 16.8 Å². The maximum atomic E-state index is 12.0. The third kappa shape index (κ3) is 2.51. The lowest BCUT2D eigenvalue weighted by molar-refractivity contribution is 0.0690. The van der Waals surface area contributed by atoms with Crippen LogP contribution >= 0.6 is 0 Å². The smallest absolute Gasteiger partial charge is 0.354 e. The fourth-order valence-corrected chi connectivity index (χ4v) is 1.75. The lowest BCUT2D eigenvalue weighted by atomic mass is 10.2. The zero-order chi connectivity index (χ0) is 14.9. The van der Waals surface area contributed by atoms with E-state index in [1.165, 1.54) is 12.1 Å². The lowest BCUT2D eigenvalue weighted by Crippen LogP contribution is -2.33. The van der Waals surface area contributed by atoms with Gasteiger partial charge in [0, 0.05) is 11.1 Å². The van der Waals surface area contributed by atoms with Crippen LogP contribution in [0.25, 0.3) is 0 Å². The molecule has 0 aromatic carbocycles. The minimum absolute atomic E-state index is 0.0102. The molecule has 0 aliphatic rings. The molecular formula is C13H13N3O4. The molecule has 0 unspecified atom stereocenters. The Kier molecular flexibility index (Phi) is 3.51. The quantitative estimate of drug-likeness (QED) is 0.837. The van der Waals surface area contributed by atoms with Crippen LogP contribution in [0.2, 0.25) is 0 Å². The van der Waals surface area contributed by atoms with Gasteiger partial charge in [0.2, 0.25) is 0 Å². The zero-order valence-corrected chi connectivity index (χ0v) is 11.0. The molecular weight excluding hydrogens is 262 g/mol. The van der Waals surface area contributed by atoms with E-state index < -0.39 is 5.97 Å². The fraction of sp³-hybridized carbons (Fsp3) is 0.231. The predicted molar refractivity (Wildman–Crippen MR) is 71.1 cm³/mol. The highest BCUT2D eigenvalue weighted by Crippen LogP contribution is 2.01. The highest BCUT2D eigenvalue weighted by atomic mass is 16.4. The van der Waals surface area contributed by atoms with Crippen molar-refractivity contribution in [1.82, 2.24) is 14.8 Å². The molecule has 2 rings (SSSR count). The predicted octanol–water partition coefficient (Wildman–Crippen LogP) is 0.295. The summed E-state index contributed by atoms with van der Waals surface area (Å²) in [7, 11) is 0. The SMILES string of the molecule is Cc1c(C)c(=O)n(Cc2cccc(C(=O)O)n2)[nH]c1=O. The number of carbonyl (C=O) groups is 1. The maximum Gasteiger partial charge on any atom is 0.354 e. The molecule has 0 atom stereocenters. The Bertz CT molecular complexity index is 789. The van der Waals surface area contributed by atoms with Crippen molar-refractivity contribution in [3.8, 4) is 0 Å². The van der Waals surface area contributed by atoms with Crippen LogP contribution in [0.3, 0.4) is 0 Å². The summed E-state index contributed by atoms with van der Waals surface area (Å²) >= 11 is 0. The lowest BCUT2D eigenvalue weighted by Gasteiger charge is -2.08. The number of rotatable bonds is 3. The van der Waals surface area contributed by atoms with Gasteiger partial charge in [0.1, 0.15) is 5.69 Å². The maximum absolute atomic E-state index is 12.0. The number of hydrogen-bond donors (Lipinski definition) is 2. The van der Waals surface area contributed by atoms with Crippen LogP contribution in [0.1, 0.15) is 27.3 Å². The molecule has 0 spiro atoms. The molecule has 0 radical (unpaired) electrons. The second-order valence-corrected chi connectivity index (χ2v) is 4.40. The van der Waals surface area contributed by atoms with E-state index in [4.69, 9.17) is 5.11 Å². The van der Waals surface area contributed by atoms with Gasteiger partial charge in [-0.15, -0.1) is 0 Å². The summed E-state index contributed by atoms with van der Waals surface area (Å²) < 4.78 is 1.12. The van der Waals surface area contributed by atoms with Crippen LogP contribution in [-0.2, 0) is 6.54 Å². The van der Waals surface area contributed by atoms with Gasteiger partial charge in [0.05, 0.1) is 12.2 Å². The first-order valence-corrected chi connectivity index (χ1v) is 5.89. The summed E-state index contributed by atoms with van der Waals surface area (Å²) in [6.07, 6.45) is 0. The first kappa shape index (κ1) is 13.7. The van der Waals surface area contributed by atoms with E-state index in [2.05, 4.69) is 10.1 Å². The van der Waals surface area contributed by atoms with Crippen LogP contribution < -0.4 is 11.1 Å². The van der Waals surface area contributed by atoms with Crippen molar-refractivity contribution in [3.63, 3.8) is 0 Å². The second-order valence-electron chi connectivity index (χ2n) is 4.40. The third-order valence-corrected chi connectivity index (χ3v) is 3.05. The Balaban J connectivity index is 2.46.